The van der Waals surface area contributed by atoms with Gasteiger partial charge in [0.1, 0.15) is 22.3 Å². The molecule has 0 aliphatic rings. The van der Waals surface area contributed by atoms with E-state index in [-0.39, 0.29) is 27.3 Å². The van der Waals surface area contributed by atoms with Crippen LogP contribution in [0, 0.1) is 6.92 Å². The van der Waals surface area contributed by atoms with Gasteiger partial charge in [0.15, 0.2) is 0 Å². The lowest BCUT2D eigenvalue weighted by Gasteiger charge is -2.10. The third kappa shape index (κ3) is 3.63. The average molecular weight is 370 g/mol. The zero-order valence-electron chi connectivity index (χ0n) is 11.1. The molecule has 21 heavy (non-hydrogen) atoms. The third-order valence-corrected chi connectivity index (χ3v) is 5.09. The monoisotopic (exact) mass is 368 g/mol. The van der Waals surface area contributed by atoms with E-state index in [0.29, 0.717) is 0 Å². The van der Waals surface area contributed by atoms with Crippen LogP contribution in [0.25, 0.3) is 0 Å². The van der Waals surface area contributed by atoms with E-state index in [0.717, 1.165) is 11.4 Å². The second kappa shape index (κ2) is 6.04. The molecule has 2 rings (SSSR count). The van der Waals surface area contributed by atoms with Gasteiger partial charge in [-0.25, -0.2) is 8.42 Å². The number of aromatic nitrogens is 2. The van der Waals surface area contributed by atoms with Crippen LogP contribution in [0.5, 0.6) is 5.75 Å². The molecule has 0 spiro atoms. The average Bonchev–Trinajstić information content (AvgIpc) is 2.68. The molecule has 0 bridgehead atoms. The molecular weight excluding hydrogens is 359 g/mol. The first-order valence-electron chi connectivity index (χ1n) is 5.75. The number of nitrogens with zero attached hydrogens (tertiary/aromatic N) is 2. The van der Waals surface area contributed by atoms with Gasteiger partial charge in [-0.2, -0.15) is 5.10 Å². The summed E-state index contributed by atoms with van der Waals surface area (Å²) in [4.78, 5) is -0.250. The van der Waals surface area contributed by atoms with Gasteiger partial charge in [0.25, 0.3) is 9.05 Å². The number of hydrogen-bond acceptors (Lipinski definition) is 4. The molecule has 0 amide bonds. The van der Waals surface area contributed by atoms with Gasteiger partial charge in [-0.3, -0.25) is 4.68 Å². The highest BCUT2D eigenvalue weighted by atomic mass is 35.7. The Bertz CT molecular complexity index is 787. The van der Waals surface area contributed by atoms with E-state index in [4.69, 9.17) is 38.6 Å². The Morgan fingerprint density at radius 3 is 2.48 bits per heavy atom. The van der Waals surface area contributed by atoms with E-state index in [1.807, 2.05) is 13.0 Å². The first-order chi connectivity index (χ1) is 9.70. The summed E-state index contributed by atoms with van der Waals surface area (Å²) in [5.74, 6) is 0.268. The van der Waals surface area contributed by atoms with Crippen molar-refractivity contribution in [3.05, 3.63) is 39.6 Å². The van der Waals surface area contributed by atoms with E-state index in [2.05, 4.69) is 5.10 Å². The van der Waals surface area contributed by atoms with Crippen molar-refractivity contribution in [2.75, 3.05) is 0 Å². The molecule has 0 aliphatic carbocycles. The molecule has 0 aliphatic heterocycles. The minimum absolute atomic E-state index is 0.00252. The maximum atomic E-state index is 11.3. The summed E-state index contributed by atoms with van der Waals surface area (Å²) in [6.45, 7) is 2.09. The smallest absolute Gasteiger partial charge is 0.262 e. The van der Waals surface area contributed by atoms with Crippen molar-refractivity contribution in [2.24, 2.45) is 7.05 Å². The maximum absolute atomic E-state index is 11.3. The number of hydrogen-bond donors (Lipinski definition) is 0. The summed E-state index contributed by atoms with van der Waals surface area (Å²) < 4.78 is 29.9. The van der Waals surface area contributed by atoms with E-state index in [1.165, 1.54) is 12.1 Å². The minimum Gasteiger partial charge on any atom is -0.486 e. The molecular formula is C12H11Cl3N2O3S. The van der Waals surface area contributed by atoms with Gasteiger partial charge in [-0.05, 0) is 25.1 Å². The van der Waals surface area contributed by atoms with Crippen LogP contribution in [0.15, 0.2) is 23.1 Å². The topological polar surface area (TPSA) is 61.2 Å². The lowest BCUT2D eigenvalue weighted by molar-refractivity contribution is 0.295. The van der Waals surface area contributed by atoms with E-state index >= 15 is 0 Å². The van der Waals surface area contributed by atoms with Crippen LogP contribution < -0.4 is 4.74 Å². The van der Waals surface area contributed by atoms with Gasteiger partial charge in [0.2, 0.25) is 0 Å². The summed E-state index contributed by atoms with van der Waals surface area (Å²) in [5.41, 5.74) is 1.71. The Kier molecular flexibility index (Phi) is 4.72. The van der Waals surface area contributed by atoms with Gasteiger partial charge >= 0.3 is 0 Å². The van der Waals surface area contributed by atoms with Gasteiger partial charge in [-0.1, -0.05) is 23.2 Å². The standard InChI is InChI=1S/C12H11Cl3N2O3S/c1-7-5-8(17(2)16-7)6-20-9-3-4-10(21(15,18)19)12(14)11(9)13/h3-5H,6H2,1-2H3. The summed E-state index contributed by atoms with van der Waals surface area (Å²) in [6.07, 6.45) is 0. The molecule has 1 aromatic heterocycles. The predicted molar refractivity (Wildman–Crippen MR) is 81.8 cm³/mol. The molecule has 1 heterocycles. The normalized spacial score (nSPS) is 11.7. The maximum Gasteiger partial charge on any atom is 0.262 e. The fourth-order valence-corrected chi connectivity index (χ4v) is 3.55. The number of rotatable bonds is 4. The van der Waals surface area contributed by atoms with Crippen molar-refractivity contribution in [2.45, 2.75) is 18.4 Å². The number of benzene rings is 1. The van der Waals surface area contributed by atoms with Crippen LogP contribution >= 0.6 is 33.9 Å². The Labute approximate surface area is 136 Å². The van der Waals surface area contributed by atoms with Crippen LogP contribution in [0.1, 0.15) is 11.4 Å². The summed E-state index contributed by atoms with van der Waals surface area (Å²) in [7, 11) is 3.10. The van der Waals surface area contributed by atoms with Crippen molar-refractivity contribution >= 4 is 42.9 Å². The zero-order chi connectivity index (χ0) is 15.8. The molecule has 0 fully saturated rings. The van der Waals surface area contributed by atoms with Crippen molar-refractivity contribution in [3.63, 3.8) is 0 Å². The molecule has 0 saturated carbocycles. The summed E-state index contributed by atoms with van der Waals surface area (Å²) in [6, 6.07) is 4.53. The van der Waals surface area contributed by atoms with Crippen LogP contribution in [0.3, 0.4) is 0 Å². The lowest BCUT2D eigenvalue weighted by Crippen LogP contribution is -2.04. The van der Waals surface area contributed by atoms with E-state index in [9.17, 15) is 8.42 Å². The summed E-state index contributed by atoms with van der Waals surface area (Å²) in [5, 5.41) is 4.03. The largest absolute Gasteiger partial charge is 0.486 e. The van der Waals surface area contributed by atoms with Crippen molar-refractivity contribution in [1.82, 2.24) is 9.78 Å². The molecule has 114 valence electrons. The van der Waals surface area contributed by atoms with Crippen LogP contribution in [0.4, 0.5) is 0 Å². The minimum atomic E-state index is -3.96. The Morgan fingerprint density at radius 1 is 1.29 bits per heavy atom. The molecule has 0 unspecified atom stereocenters. The van der Waals surface area contributed by atoms with Gasteiger partial charge < -0.3 is 4.74 Å². The quantitative estimate of drug-likeness (QED) is 0.773. The molecule has 9 heteroatoms. The Morgan fingerprint density at radius 2 is 1.95 bits per heavy atom. The number of halogens is 3. The molecule has 0 saturated heterocycles. The van der Waals surface area contributed by atoms with Crippen molar-refractivity contribution < 1.29 is 13.2 Å². The molecule has 0 radical (unpaired) electrons. The van der Waals surface area contributed by atoms with Gasteiger partial charge in [-0.15, -0.1) is 0 Å². The van der Waals surface area contributed by atoms with Crippen molar-refractivity contribution in [1.29, 1.82) is 0 Å². The highest BCUT2D eigenvalue weighted by Gasteiger charge is 2.20. The molecule has 5 nitrogen and oxygen atoms in total. The predicted octanol–water partition coefficient (Wildman–Crippen LogP) is 3.54. The Balaban J connectivity index is 2.26. The lowest BCUT2D eigenvalue weighted by atomic mass is 10.3. The van der Waals surface area contributed by atoms with Crippen molar-refractivity contribution in [3.8, 4) is 5.75 Å². The second-order valence-corrected chi connectivity index (χ2v) is 7.61. The number of ether oxygens (including phenoxy) is 1. The molecule has 0 atom stereocenters. The highest BCUT2D eigenvalue weighted by molar-refractivity contribution is 8.13. The van der Waals surface area contributed by atoms with E-state index < -0.39 is 9.05 Å². The van der Waals surface area contributed by atoms with Crippen LogP contribution in [0.2, 0.25) is 10.0 Å². The molecule has 1 aromatic carbocycles. The first-order valence-corrected chi connectivity index (χ1v) is 8.81. The Hall–Kier alpha value is -0.950. The molecule has 0 N–H and O–H groups in total. The SMILES string of the molecule is Cc1cc(COc2ccc(S(=O)(=O)Cl)c(Cl)c2Cl)n(C)n1. The fraction of sp³-hybridized carbons (Fsp3) is 0.250. The highest BCUT2D eigenvalue weighted by Crippen LogP contribution is 2.38. The fourth-order valence-electron chi connectivity index (χ4n) is 1.76. The van der Waals surface area contributed by atoms with Crippen LogP contribution in [-0.2, 0) is 22.7 Å². The first kappa shape index (κ1) is 16.4. The molecule has 2 aromatic rings. The van der Waals surface area contributed by atoms with Crippen LogP contribution in [-0.4, -0.2) is 18.2 Å². The second-order valence-electron chi connectivity index (χ2n) is 4.32. The number of aryl methyl sites for hydroxylation is 2. The summed E-state index contributed by atoms with van der Waals surface area (Å²) >= 11 is 11.9. The zero-order valence-corrected chi connectivity index (χ0v) is 14.2. The van der Waals surface area contributed by atoms with Gasteiger partial charge in [0.05, 0.1) is 16.4 Å². The van der Waals surface area contributed by atoms with Gasteiger partial charge in [0, 0.05) is 17.7 Å². The third-order valence-electron chi connectivity index (χ3n) is 2.75. The van der Waals surface area contributed by atoms with E-state index in [1.54, 1.807) is 11.7 Å².